The minimum atomic E-state index is -5.08. The van der Waals surface area contributed by atoms with Crippen molar-refractivity contribution in [2.45, 2.75) is 45.0 Å². The molecule has 0 aliphatic carbocycles. The summed E-state index contributed by atoms with van der Waals surface area (Å²) in [6.45, 7) is 7.75. The Hall–Kier alpha value is -2.07. The molecule has 1 spiro atoms. The fraction of sp³-hybridized carbons (Fsp3) is 0.647. The molecule has 1 aromatic rings. The van der Waals surface area contributed by atoms with E-state index in [0.717, 1.165) is 44.0 Å². The zero-order valence-corrected chi connectivity index (χ0v) is 15.2. The SMILES string of the molecule is Cc1cc(CN2CCC3(CC2)CNC(=O)CO3)oc1C.O=C(O)C(F)(F)F. The van der Waals surface area contributed by atoms with Gasteiger partial charge < -0.3 is 19.6 Å². The second-order valence-electron chi connectivity index (χ2n) is 6.78. The minimum absolute atomic E-state index is 0.000379. The van der Waals surface area contributed by atoms with Crippen LogP contribution in [0.15, 0.2) is 10.5 Å². The summed E-state index contributed by atoms with van der Waals surface area (Å²) < 4.78 is 43.3. The van der Waals surface area contributed by atoms with Crippen LogP contribution in [-0.4, -0.2) is 59.9 Å². The molecule has 0 aromatic carbocycles. The number of amides is 1. The Morgan fingerprint density at radius 2 is 1.93 bits per heavy atom. The first-order valence-electron chi connectivity index (χ1n) is 8.50. The average Bonchev–Trinajstić information content (AvgIpc) is 2.90. The Bertz CT molecular complexity index is 647. The third kappa shape index (κ3) is 5.96. The molecule has 1 aromatic heterocycles. The van der Waals surface area contributed by atoms with Gasteiger partial charge in [0, 0.05) is 19.6 Å². The lowest BCUT2D eigenvalue weighted by Gasteiger charge is -2.43. The van der Waals surface area contributed by atoms with Gasteiger partial charge >= 0.3 is 12.1 Å². The number of nitrogens with one attached hydrogen (secondary N) is 1. The zero-order valence-electron chi connectivity index (χ0n) is 15.2. The Morgan fingerprint density at radius 1 is 1.33 bits per heavy atom. The molecule has 0 bridgehead atoms. The fourth-order valence-corrected chi connectivity index (χ4v) is 2.97. The van der Waals surface area contributed by atoms with Crippen molar-refractivity contribution in [2.75, 3.05) is 26.2 Å². The number of piperidine rings is 1. The van der Waals surface area contributed by atoms with Gasteiger partial charge in [-0.2, -0.15) is 13.2 Å². The molecule has 0 saturated carbocycles. The number of carbonyl (C=O) groups is 2. The maximum absolute atomic E-state index is 11.2. The first-order chi connectivity index (χ1) is 12.5. The zero-order chi connectivity index (χ0) is 20.2. The van der Waals surface area contributed by atoms with Gasteiger partial charge in [-0.3, -0.25) is 9.69 Å². The standard InChI is InChI=1S/C15H22N2O3.C2HF3O2/c1-11-7-13(20-12(11)2)8-17-5-3-15(4-6-17)10-16-14(18)9-19-15;3-2(4,5)1(6)7/h7H,3-6,8-10H2,1-2H3,(H,16,18);(H,6,7). The summed E-state index contributed by atoms with van der Waals surface area (Å²) in [5, 5.41) is 10.0. The second kappa shape index (κ2) is 8.30. The third-order valence-corrected chi connectivity index (χ3v) is 4.72. The molecule has 1 amide bonds. The predicted molar refractivity (Wildman–Crippen MR) is 88.1 cm³/mol. The van der Waals surface area contributed by atoms with Crippen molar-refractivity contribution in [3.05, 3.63) is 23.2 Å². The molecule has 2 aliphatic rings. The van der Waals surface area contributed by atoms with E-state index < -0.39 is 12.1 Å². The number of hydrogen-bond acceptors (Lipinski definition) is 5. The maximum Gasteiger partial charge on any atom is 0.490 e. The molecule has 2 saturated heterocycles. The quantitative estimate of drug-likeness (QED) is 0.800. The number of ether oxygens (including phenoxy) is 1. The van der Waals surface area contributed by atoms with Crippen LogP contribution in [0.3, 0.4) is 0 Å². The Morgan fingerprint density at radius 3 is 2.33 bits per heavy atom. The highest BCUT2D eigenvalue weighted by Crippen LogP contribution is 2.28. The molecule has 0 radical (unpaired) electrons. The van der Waals surface area contributed by atoms with Gasteiger partial charge in [-0.15, -0.1) is 0 Å². The summed E-state index contributed by atoms with van der Waals surface area (Å²) in [6.07, 6.45) is -3.15. The second-order valence-corrected chi connectivity index (χ2v) is 6.78. The van der Waals surface area contributed by atoms with Crippen LogP contribution < -0.4 is 5.32 Å². The van der Waals surface area contributed by atoms with Crippen molar-refractivity contribution in [1.82, 2.24) is 10.2 Å². The first-order valence-corrected chi connectivity index (χ1v) is 8.50. The molecule has 3 rings (SSSR count). The Balaban J connectivity index is 0.000000321. The number of nitrogens with zero attached hydrogens (tertiary/aromatic N) is 1. The molecule has 2 aliphatic heterocycles. The molecule has 10 heteroatoms. The molecule has 0 unspecified atom stereocenters. The summed E-state index contributed by atoms with van der Waals surface area (Å²) in [4.78, 5) is 22.5. The van der Waals surface area contributed by atoms with Crippen LogP contribution in [0.1, 0.15) is 29.9 Å². The van der Waals surface area contributed by atoms with Crippen LogP contribution in [0.2, 0.25) is 0 Å². The Labute approximate surface area is 154 Å². The average molecular weight is 392 g/mol. The summed E-state index contributed by atoms with van der Waals surface area (Å²) in [5.41, 5.74) is 1.08. The van der Waals surface area contributed by atoms with Crippen molar-refractivity contribution in [3.8, 4) is 0 Å². The highest BCUT2D eigenvalue weighted by Gasteiger charge is 2.39. The van der Waals surface area contributed by atoms with Crippen molar-refractivity contribution < 1.29 is 37.0 Å². The van der Waals surface area contributed by atoms with Gasteiger partial charge in [0.1, 0.15) is 18.1 Å². The first kappa shape index (κ1) is 21.2. The number of likely N-dealkylation sites (tertiary alicyclic amines) is 1. The van der Waals surface area contributed by atoms with Crippen LogP contribution in [-0.2, 0) is 20.9 Å². The number of carboxylic acid groups (broad SMARTS) is 1. The largest absolute Gasteiger partial charge is 0.490 e. The highest BCUT2D eigenvalue weighted by atomic mass is 19.4. The molecule has 2 N–H and O–H groups in total. The van der Waals surface area contributed by atoms with Gasteiger partial charge in [0.2, 0.25) is 5.91 Å². The van der Waals surface area contributed by atoms with Gasteiger partial charge in [-0.1, -0.05) is 0 Å². The van der Waals surface area contributed by atoms with Gasteiger partial charge in [0.25, 0.3) is 0 Å². The van der Waals surface area contributed by atoms with Crippen molar-refractivity contribution >= 4 is 11.9 Å². The van der Waals surface area contributed by atoms with E-state index in [0.29, 0.717) is 6.54 Å². The van der Waals surface area contributed by atoms with Gasteiger partial charge in [-0.25, -0.2) is 4.79 Å². The number of carboxylic acids is 1. The summed E-state index contributed by atoms with van der Waals surface area (Å²) in [7, 11) is 0. The smallest absolute Gasteiger partial charge is 0.475 e. The summed E-state index contributed by atoms with van der Waals surface area (Å²) >= 11 is 0. The summed E-state index contributed by atoms with van der Waals surface area (Å²) in [6, 6.07) is 2.12. The van der Waals surface area contributed by atoms with Gasteiger partial charge in [0.05, 0.1) is 12.1 Å². The number of morpholine rings is 1. The van der Waals surface area contributed by atoms with Gasteiger partial charge in [0.15, 0.2) is 0 Å². The number of halogens is 3. The lowest BCUT2D eigenvalue weighted by Crippen LogP contribution is -2.57. The molecular weight excluding hydrogens is 369 g/mol. The molecular formula is C17H23F3N2O5. The van der Waals surface area contributed by atoms with Crippen molar-refractivity contribution in [1.29, 1.82) is 0 Å². The number of carbonyl (C=O) groups excluding carboxylic acids is 1. The predicted octanol–water partition coefficient (Wildman–Crippen LogP) is 2.01. The van der Waals surface area contributed by atoms with E-state index in [1.165, 1.54) is 5.56 Å². The topological polar surface area (TPSA) is 92.0 Å². The number of aryl methyl sites for hydroxylation is 2. The number of rotatable bonds is 2. The van der Waals surface area contributed by atoms with E-state index in [-0.39, 0.29) is 18.1 Å². The minimum Gasteiger partial charge on any atom is -0.475 e. The molecule has 27 heavy (non-hydrogen) atoms. The monoisotopic (exact) mass is 392 g/mol. The van der Waals surface area contributed by atoms with Crippen LogP contribution in [0, 0.1) is 13.8 Å². The number of alkyl halides is 3. The van der Waals surface area contributed by atoms with E-state index in [4.69, 9.17) is 19.1 Å². The van der Waals surface area contributed by atoms with Crippen LogP contribution >= 0.6 is 0 Å². The normalized spacial score (nSPS) is 20.0. The highest BCUT2D eigenvalue weighted by molar-refractivity contribution is 5.78. The molecule has 0 atom stereocenters. The third-order valence-electron chi connectivity index (χ3n) is 4.72. The van der Waals surface area contributed by atoms with Crippen LogP contribution in [0.5, 0.6) is 0 Å². The van der Waals surface area contributed by atoms with Crippen molar-refractivity contribution in [3.63, 3.8) is 0 Å². The van der Waals surface area contributed by atoms with E-state index in [1.54, 1.807) is 0 Å². The summed E-state index contributed by atoms with van der Waals surface area (Å²) in [5.74, 6) is -0.715. The van der Waals surface area contributed by atoms with E-state index in [9.17, 15) is 18.0 Å². The van der Waals surface area contributed by atoms with Crippen LogP contribution in [0.4, 0.5) is 13.2 Å². The van der Waals surface area contributed by atoms with Crippen LogP contribution in [0.25, 0.3) is 0 Å². The lowest BCUT2D eigenvalue weighted by molar-refractivity contribution is -0.192. The molecule has 7 nitrogen and oxygen atoms in total. The molecule has 152 valence electrons. The fourth-order valence-electron chi connectivity index (χ4n) is 2.97. The van der Waals surface area contributed by atoms with Crippen molar-refractivity contribution in [2.24, 2.45) is 0 Å². The number of furan rings is 1. The molecule has 2 fully saturated rings. The maximum atomic E-state index is 11.2. The van der Waals surface area contributed by atoms with E-state index >= 15 is 0 Å². The van der Waals surface area contributed by atoms with Gasteiger partial charge in [-0.05, 0) is 38.3 Å². The molecule has 3 heterocycles. The Kier molecular flexibility index (Phi) is 6.53. The van der Waals surface area contributed by atoms with E-state index in [2.05, 4.69) is 23.2 Å². The number of hydrogen-bond donors (Lipinski definition) is 2. The lowest BCUT2D eigenvalue weighted by atomic mass is 9.90. The van der Waals surface area contributed by atoms with E-state index in [1.807, 2.05) is 6.92 Å². The number of aliphatic carboxylic acids is 1.